The molecule has 0 spiro atoms. The molecule has 0 aliphatic rings. The van der Waals surface area contributed by atoms with Gasteiger partial charge in [0, 0.05) is 0 Å². The zero-order chi connectivity index (χ0) is 7.28. The van der Waals surface area contributed by atoms with E-state index in [1.165, 1.54) is 0 Å². The SMILES string of the molecule is CCC(CC)C(=O)OCl.[SnH4]. The standard InChI is InChI=1S/C6H11ClO2.Sn.4H/c1-3-5(4-2)6(8)9-7;;;;;/h5H,3-4H2,1-2H3;;;;;. The Hall–Kier alpha value is 0.559. The number of hydrogen-bond acceptors (Lipinski definition) is 2. The van der Waals surface area contributed by atoms with Crippen LogP contribution in [-0.2, 0) is 9.08 Å². The van der Waals surface area contributed by atoms with Gasteiger partial charge in [-0.1, -0.05) is 13.8 Å². The second kappa shape index (κ2) is 7.66. The van der Waals surface area contributed by atoms with Gasteiger partial charge in [0.25, 0.3) is 0 Å². The zero-order valence-corrected chi connectivity index (χ0v) is 6.44. The van der Waals surface area contributed by atoms with Crippen molar-refractivity contribution in [1.29, 1.82) is 0 Å². The summed E-state index contributed by atoms with van der Waals surface area (Å²) >= 11 is 4.85. The van der Waals surface area contributed by atoms with E-state index in [4.69, 9.17) is 11.9 Å². The van der Waals surface area contributed by atoms with Crippen LogP contribution < -0.4 is 0 Å². The molecule has 2 nitrogen and oxygen atoms in total. The van der Waals surface area contributed by atoms with Crippen LogP contribution in [0.3, 0.4) is 0 Å². The Morgan fingerprint density at radius 3 is 2.00 bits per heavy atom. The molecule has 0 aliphatic carbocycles. The molecule has 0 aliphatic heterocycles. The summed E-state index contributed by atoms with van der Waals surface area (Å²) < 4.78 is 4.03. The van der Waals surface area contributed by atoms with E-state index < -0.39 is 0 Å². The maximum atomic E-state index is 10.6. The van der Waals surface area contributed by atoms with Crippen molar-refractivity contribution < 1.29 is 9.08 Å². The Morgan fingerprint density at radius 2 is 1.90 bits per heavy atom. The maximum absolute atomic E-state index is 10.6. The topological polar surface area (TPSA) is 26.3 Å². The summed E-state index contributed by atoms with van der Waals surface area (Å²) in [6.07, 6.45) is 1.59. The van der Waals surface area contributed by atoms with E-state index in [0.717, 1.165) is 12.8 Å². The summed E-state index contributed by atoms with van der Waals surface area (Å²) in [5.74, 6) is -0.343. The molecule has 0 heterocycles. The van der Waals surface area contributed by atoms with Crippen molar-refractivity contribution >= 4 is 41.7 Å². The second-order valence-corrected chi connectivity index (χ2v) is 2.06. The number of carbonyl (C=O) groups excluding carboxylic acids is 1. The molecule has 10 heavy (non-hydrogen) atoms. The van der Waals surface area contributed by atoms with Crippen LogP contribution in [0.25, 0.3) is 0 Å². The average molecular weight is 273 g/mol. The van der Waals surface area contributed by atoms with E-state index in [1.54, 1.807) is 0 Å². The summed E-state index contributed by atoms with van der Waals surface area (Å²) in [7, 11) is 0. The minimum absolute atomic E-state index is 0. The molecule has 0 saturated heterocycles. The van der Waals surface area contributed by atoms with Gasteiger partial charge in [0.15, 0.2) is 0 Å². The molecular formula is C6H15ClO2Sn. The molecule has 4 heteroatoms. The van der Waals surface area contributed by atoms with Crippen LogP contribution in [0.15, 0.2) is 0 Å². The van der Waals surface area contributed by atoms with Gasteiger partial charge in [-0.25, -0.2) is 0 Å². The number of hydrogen-bond donors (Lipinski definition) is 0. The molecule has 0 amide bonds. The first kappa shape index (κ1) is 13.2. The van der Waals surface area contributed by atoms with Gasteiger partial charge in [-0.2, -0.15) is 0 Å². The van der Waals surface area contributed by atoms with Crippen molar-refractivity contribution in [2.45, 2.75) is 26.7 Å². The first-order valence-electron chi connectivity index (χ1n) is 3.08. The molecule has 0 rings (SSSR count). The first-order chi connectivity index (χ1) is 4.26. The third-order valence-electron chi connectivity index (χ3n) is 1.39. The third kappa shape index (κ3) is 4.39. The van der Waals surface area contributed by atoms with Gasteiger partial charge in [-0.05, 0) is 12.8 Å². The molecule has 0 radical (unpaired) electrons. The van der Waals surface area contributed by atoms with Gasteiger partial charge in [0.1, 0.15) is 11.9 Å². The van der Waals surface area contributed by atoms with Crippen molar-refractivity contribution in [3.8, 4) is 0 Å². The van der Waals surface area contributed by atoms with E-state index >= 15 is 0 Å². The third-order valence-corrected chi connectivity index (χ3v) is 1.55. The minimum atomic E-state index is -0.318. The van der Waals surface area contributed by atoms with Crippen molar-refractivity contribution in [2.24, 2.45) is 5.92 Å². The molecule has 0 fully saturated rings. The second-order valence-electron chi connectivity index (χ2n) is 1.91. The number of rotatable bonds is 3. The van der Waals surface area contributed by atoms with Gasteiger partial charge in [-0.15, -0.1) is 0 Å². The van der Waals surface area contributed by atoms with Crippen LogP contribution >= 0.6 is 11.9 Å². The van der Waals surface area contributed by atoms with Crippen LogP contribution in [0.1, 0.15) is 26.7 Å². The molecular weight excluding hydrogens is 258 g/mol. The van der Waals surface area contributed by atoms with E-state index in [9.17, 15) is 4.79 Å². The van der Waals surface area contributed by atoms with Crippen LogP contribution in [0.2, 0.25) is 0 Å². The van der Waals surface area contributed by atoms with Crippen LogP contribution in [0.4, 0.5) is 0 Å². The Morgan fingerprint density at radius 1 is 1.50 bits per heavy atom. The summed E-state index contributed by atoms with van der Waals surface area (Å²) in [6, 6.07) is 0. The molecule has 0 bridgehead atoms. The zero-order valence-electron chi connectivity index (χ0n) is 5.69. The molecule has 0 N–H and O–H groups in total. The van der Waals surface area contributed by atoms with Crippen molar-refractivity contribution in [2.75, 3.05) is 0 Å². The summed E-state index contributed by atoms with van der Waals surface area (Å²) in [5, 5.41) is 0. The molecule has 0 aromatic rings. The molecule has 62 valence electrons. The normalized spacial score (nSPS) is 8.80. The molecule has 0 aromatic heterocycles. The van der Waals surface area contributed by atoms with Crippen molar-refractivity contribution in [3.05, 3.63) is 0 Å². The van der Waals surface area contributed by atoms with E-state index in [0.29, 0.717) is 0 Å². The molecule has 0 aromatic carbocycles. The van der Waals surface area contributed by atoms with Gasteiger partial charge in [0.2, 0.25) is 0 Å². The van der Waals surface area contributed by atoms with Crippen LogP contribution in [0.5, 0.6) is 0 Å². The quantitative estimate of drug-likeness (QED) is 0.707. The predicted molar refractivity (Wildman–Crippen MR) is 47.4 cm³/mol. The average Bonchev–Trinajstić information content (AvgIpc) is 1.90. The van der Waals surface area contributed by atoms with Gasteiger partial charge < -0.3 is 4.29 Å². The Balaban J connectivity index is 0. The van der Waals surface area contributed by atoms with Crippen LogP contribution in [0, 0.1) is 5.92 Å². The first-order valence-corrected chi connectivity index (χ1v) is 3.39. The van der Waals surface area contributed by atoms with E-state index in [-0.39, 0.29) is 35.8 Å². The summed E-state index contributed by atoms with van der Waals surface area (Å²) in [6.45, 7) is 3.87. The summed E-state index contributed by atoms with van der Waals surface area (Å²) in [5.41, 5.74) is 0. The van der Waals surface area contributed by atoms with Crippen LogP contribution in [-0.4, -0.2) is 29.9 Å². The molecule has 0 unspecified atom stereocenters. The van der Waals surface area contributed by atoms with E-state index in [1.807, 2.05) is 13.8 Å². The van der Waals surface area contributed by atoms with Crippen molar-refractivity contribution in [1.82, 2.24) is 0 Å². The van der Waals surface area contributed by atoms with Gasteiger partial charge >= 0.3 is 29.9 Å². The summed E-state index contributed by atoms with van der Waals surface area (Å²) in [4.78, 5) is 10.6. The fourth-order valence-electron chi connectivity index (χ4n) is 0.685. The van der Waals surface area contributed by atoms with E-state index in [2.05, 4.69) is 4.29 Å². The fourth-order valence-corrected chi connectivity index (χ4v) is 0.811. The predicted octanol–water partition coefficient (Wildman–Crippen LogP) is 0.668. The molecule has 0 atom stereocenters. The molecule has 0 saturated carbocycles. The van der Waals surface area contributed by atoms with Crippen molar-refractivity contribution in [3.63, 3.8) is 0 Å². The van der Waals surface area contributed by atoms with Gasteiger partial charge in [0.05, 0.1) is 5.92 Å². The number of halogens is 1. The Bertz CT molecular complexity index is 93.7. The number of carbonyl (C=O) groups is 1. The monoisotopic (exact) mass is 274 g/mol. The van der Waals surface area contributed by atoms with Gasteiger partial charge in [-0.3, -0.25) is 4.79 Å². The Labute approximate surface area is 83.4 Å². The fraction of sp³-hybridized carbons (Fsp3) is 0.833. The Kier molecular flexibility index (Phi) is 10.1.